The van der Waals surface area contributed by atoms with Crippen LogP contribution < -0.4 is 4.74 Å². The average molecular weight is 368 g/mol. The van der Waals surface area contributed by atoms with Crippen LogP contribution in [0.4, 0.5) is 0 Å². The topological polar surface area (TPSA) is 29.5 Å². The molecule has 1 heterocycles. The Labute approximate surface area is 137 Å². The first-order valence-electron chi connectivity index (χ1n) is 6.81. The largest absolute Gasteiger partial charge is 0.494 e. The Kier molecular flexibility index (Phi) is 5.82. The number of rotatable bonds is 6. The molecular weight excluding hydrogens is 350 g/mol. The van der Waals surface area contributed by atoms with E-state index in [-0.39, 0.29) is 5.91 Å². The summed E-state index contributed by atoms with van der Waals surface area (Å²) in [5, 5.41) is 2.02. The minimum atomic E-state index is 0.00136. The summed E-state index contributed by atoms with van der Waals surface area (Å²) in [7, 11) is 1.82. The molecule has 0 radical (unpaired) electrons. The molecule has 0 fully saturated rings. The van der Waals surface area contributed by atoms with Crippen LogP contribution in [0.2, 0.25) is 0 Å². The van der Waals surface area contributed by atoms with E-state index in [9.17, 15) is 4.79 Å². The Morgan fingerprint density at radius 1 is 1.38 bits per heavy atom. The molecule has 0 aliphatic rings. The van der Waals surface area contributed by atoms with Crippen LogP contribution >= 0.6 is 27.3 Å². The standard InChI is InChI=1S/C16H18BrNO2S/c1-3-7-20-14-6-4-5-12(8-14)16(19)18(2)10-15-9-13(17)11-21-15/h4-6,8-9,11H,3,7,10H2,1-2H3. The molecule has 0 spiro atoms. The van der Waals surface area contributed by atoms with Crippen LogP contribution in [0, 0.1) is 0 Å². The summed E-state index contributed by atoms with van der Waals surface area (Å²) in [6.07, 6.45) is 0.950. The first kappa shape index (κ1) is 16.0. The lowest BCUT2D eigenvalue weighted by Crippen LogP contribution is -2.25. The third-order valence-electron chi connectivity index (χ3n) is 2.92. The molecule has 2 aromatic rings. The number of amides is 1. The number of carbonyl (C=O) groups is 1. The van der Waals surface area contributed by atoms with Crippen molar-refractivity contribution in [3.8, 4) is 5.75 Å². The highest BCUT2D eigenvalue weighted by Gasteiger charge is 2.13. The SMILES string of the molecule is CCCOc1cccc(C(=O)N(C)Cc2cc(Br)cs2)c1. The summed E-state index contributed by atoms with van der Waals surface area (Å²) in [5.41, 5.74) is 0.654. The maximum Gasteiger partial charge on any atom is 0.254 e. The van der Waals surface area contributed by atoms with Crippen LogP contribution in [-0.4, -0.2) is 24.5 Å². The van der Waals surface area contributed by atoms with E-state index in [4.69, 9.17) is 4.74 Å². The highest BCUT2D eigenvalue weighted by atomic mass is 79.9. The fraction of sp³-hybridized carbons (Fsp3) is 0.312. The molecular formula is C16H18BrNO2S. The minimum Gasteiger partial charge on any atom is -0.494 e. The van der Waals surface area contributed by atoms with Gasteiger partial charge in [-0.1, -0.05) is 13.0 Å². The molecule has 0 N–H and O–H groups in total. The molecule has 1 amide bonds. The van der Waals surface area contributed by atoms with Crippen LogP contribution in [0.15, 0.2) is 40.2 Å². The smallest absolute Gasteiger partial charge is 0.254 e. The van der Waals surface area contributed by atoms with Crippen LogP contribution in [0.3, 0.4) is 0 Å². The van der Waals surface area contributed by atoms with Crippen LogP contribution in [0.5, 0.6) is 5.75 Å². The molecule has 2 rings (SSSR count). The van der Waals surface area contributed by atoms with E-state index in [0.717, 1.165) is 21.5 Å². The molecule has 0 saturated heterocycles. The van der Waals surface area contributed by atoms with Gasteiger partial charge in [0.1, 0.15) is 5.75 Å². The number of benzene rings is 1. The summed E-state index contributed by atoms with van der Waals surface area (Å²) < 4.78 is 6.63. The average Bonchev–Trinajstić information content (AvgIpc) is 2.89. The van der Waals surface area contributed by atoms with E-state index < -0.39 is 0 Å². The van der Waals surface area contributed by atoms with Crippen molar-refractivity contribution >= 4 is 33.2 Å². The molecule has 0 atom stereocenters. The third kappa shape index (κ3) is 4.58. The van der Waals surface area contributed by atoms with Crippen molar-refractivity contribution < 1.29 is 9.53 Å². The minimum absolute atomic E-state index is 0.00136. The number of hydrogen-bond donors (Lipinski definition) is 0. The molecule has 3 nitrogen and oxygen atoms in total. The lowest BCUT2D eigenvalue weighted by Gasteiger charge is -2.16. The van der Waals surface area contributed by atoms with Gasteiger partial charge in [0.25, 0.3) is 5.91 Å². The van der Waals surface area contributed by atoms with Crippen molar-refractivity contribution in [2.45, 2.75) is 19.9 Å². The van der Waals surface area contributed by atoms with Crippen molar-refractivity contribution in [3.63, 3.8) is 0 Å². The van der Waals surface area contributed by atoms with Crippen LogP contribution in [0.1, 0.15) is 28.6 Å². The van der Waals surface area contributed by atoms with E-state index in [0.29, 0.717) is 18.7 Å². The molecule has 0 unspecified atom stereocenters. The fourth-order valence-electron chi connectivity index (χ4n) is 1.90. The summed E-state index contributed by atoms with van der Waals surface area (Å²) in [5.74, 6) is 0.747. The summed E-state index contributed by atoms with van der Waals surface area (Å²) in [6, 6.07) is 9.40. The monoisotopic (exact) mass is 367 g/mol. The molecule has 1 aromatic carbocycles. The molecule has 5 heteroatoms. The Bertz CT molecular complexity index is 612. The number of nitrogens with zero attached hydrogens (tertiary/aromatic N) is 1. The van der Waals surface area contributed by atoms with Gasteiger partial charge in [0.2, 0.25) is 0 Å². The highest BCUT2D eigenvalue weighted by molar-refractivity contribution is 9.10. The van der Waals surface area contributed by atoms with E-state index >= 15 is 0 Å². The van der Waals surface area contributed by atoms with E-state index in [1.807, 2.05) is 36.7 Å². The van der Waals surface area contributed by atoms with E-state index in [1.54, 1.807) is 22.3 Å². The lowest BCUT2D eigenvalue weighted by molar-refractivity contribution is 0.0786. The molecule has 112 valence electrons. The number of halogens is 1. The van der Waals surface area contributed by atoms with Crippen LogP contribution in [-0.2, 0) is 6.54 Å². The van der Waals surface area contributed by atoms with E-state index in [1.165, 1.54) is 0 Å². The first-order valence-corrected chi connectivity index (χ1v) is 8.48. The molecule has 1 aromatic heterocycles. The fourth-order valence-corrected chi connectivity index (χ4v) is 3.40. The van der Waals surface area contributed by atoms with Gasteiger partial charge < -0.3 is 9.64 Å². The maximum absolute atomic E-state index is 12.4. The van der Waals surface area contributed by atoms with Gasteiger partial charge in [-0.3, -0.25) is 4.79 Å². The second-order valence-electron chi connectivity index (χ2n) is 4.77. The quantitative estimate of drug-likeness (QED) is 0.748. The summed E-state index contributed by atoms with van der Waals surface area (Å²) >= 11 is 5.07. The van der Waals surface area contributed by atoms with Crippen molar-refractivity contribution in [2.75, 3.05) is 13.7 Å². The Balaban J connectivity index is 2.04. The summed E-state index contributed by atoms with van der Waals surface area (Å²) in [6.45, 7) is 3.33. The van der Waals surface area contributed by atoms with Gasteiger partial charge >= 0.3 is 0 Å². The Morgan fingerprint density at radius 3 is 2.86 bits per heavy atom. The van der Waals surface area contributed by atoms with Crippen molar-refractivity contribution in [3.05, 3.63) is 50.6 Å². The van der Waals surface area contributed by atoms with Gasteiger partial charge in [-0.25, -0.2) is 0 Å². The zero-order chi connectivity index (χ0) is 15.2. The van der Waals surface area contributed by atoms with Crippen molar-refractivity contribution in [2.24, 2.45) is 0 Å². The molecule has 0 saturated carbocycles. The van der Waals surface area contributed by atoms with Gasteiger partial charge in [0, 0.05) is 27.3 Å². The highest BCUT2D eigenvalue weighted by Crippen LogP contribution is 2.22. The lowest BCUT2D eigenvalue weighted by atomic mass is 10.2. The summed E-state index contributed by atoms with van der Waals surface area (Å²) in [4.78, 5) is 15.3. The normalized spacial score (nSPS) is 10.4. The molecule has 0 aliphatic carbocycles. The van der Waals surface area contributed by atoms with Gasteiger partial charge in [0.15, 0.2) is 0 Å². The van der Waals surface area contributed by atoms with Crippen molar-refractivity contribution in [1.82, 2.24) is 4.90 Å². The predicted octanol–water partition coefficient (Wildman–Crippen LogP) is 4.57. The molecule has 21 heavy (non-hydrogen) atoms. The molecule has 0 aliphatic heterocycles. The first-order chi connectivity index (χ1) is 10.1. The second kappa shape index (κ2) is 7.61. The zero-order valence-electron chi connectivity index (χ0n) is 12.1. The maximum atomic E-state index is 12.4. The van der Waals surface area contributed by atoms with Crippen LogP contribution in [0.25, 0.3) is 0 Å². The number of hydrogen-bond acceptors (Lipinski definition) is 3. The Hall–Kier alpha value is -1.33. The third-order valence-corrected chi connectivity index (χ3v) is 4.60. The zero-order valence-corrected chi connectivity index (χ0v) is 14.5. The second-order valence-corrected chi connectivity index (χ2v) is 6.68. The number of thiophene rings is 1. The van der Waals surface area contributed by atoms with Gasteiger partial charge in [-0.2, -0.15) is 0 Å². The molecule has 0 bridgehead atoms. The predicted molar refractivity (Wildman–Crippen MR) is 90.0 cm³/mol. The van der Waals surface area contributed by atoms with Crippen molar-refractivity contribution in [1.29, 1.82) is 0 Å². The van der Waals surface area contributed by atoms with E-state index in [2.05, 4.69) is 22.9 Å². The van der Waals surface area contributed by atoms with Gasteiger partial charge in [-0.05, 0) is 46.6 Å². The van der Waals surface area contributed by atoms with Gasteiger partial charge in [0.05, 0.1) is 13.2 Å². The number of ether oxygens (including phenoxy) is 1. The number of carbonyl (C=O) groups excluding carboxylic acids is 1. The Morgan fingerprint density at radius 2 is 2.19 bits per heavy atom. The van der Waals surface area contributed by atoms with Gasteiger partial charge in [-0.15, -0.1) is 11.3 Å².